The van der Waals surface area contributed by atoms with Gasteiger partial charge in [-0.3, -0.25) is 0 Å². The largest absolute Gasteiger partial charge is 0.490 e. The van der Waals surface area contributed by atoms with Gasteiger partial charge in [-0.15, -0.1) is 0 Å². The van der Waals surface area contributed by atoms with Gasteiger partial charge in [0.1, 0.15) is 23.9 Å². The standard InChI is InChI=1S/C19H17BrO4/c20-17-14-16(24-15-6-2-1-3-7-15)9-10-18(17)21-12-13-23-19-8-4-5-11-22-19/h1-11,14,19H,12-13H2. The SMILES string of the molecule is Brc1cc(Oc2ccccc2)ccc1OCCOC1C=CC=CO1. The van der Waals surface area contributed by atoms with E-state index in [4.69, 9.17) is 18.9 Å². The molecule has 1 unspecified atom stereocenters. The fourth-order valence-electron chi connectivity index (χ4n) is 2.07. The summed E-state index contributed by atoms with van der Waals surface area (Å²) >= 11 is 3.50. The highest BCUT2D eigenvalue weighted by molar-refractivity contribution is 9.10. The van der Waals surface area contributed by atoms with Crippen LogP contribution in [0.3, 0.4) is 0 Å². The second kappa shape index (κ2) is 8.57. The fourth-order valence-corrected chi connectivity index (χ4v) is 2.54. The molecule has 0 aliphatic carbocycles. The molecule has 0 amide bonds. The minimum absolute atomic E-state index is 0.344. The molecule has 5 heteroatoms. The first-order valence-electron chi connectivity index (χ1n) is 7.57. The zero-order chi connectivity index (χ0) is 16.6. The van der Waals surface area contributed by atoms with Crippen molar-refractivity contribution in [3.63, 3.8) is 0 Å². The third kappa shape index (κ3) is 4.88. The van der Waals surface area contributed by atoms with Gasteiger partial charge in [-0.05, 0) is 58.4 Å². The smallest absolute Gasteiger partial charge is 0.219 e. The molecule has 0 bridgehead atoms. The van der Waals surface area contributed by atoms with E-state index in [0.29, 0.717) is 13.2 Å². The third-order valence-electron chi connectivity index (χ3n) is 3.18. The maximum absolute atomic E-state index is 5.78. The van der Waals surface area contributed by atoms with Crippen LogP contribution >= 0.6 is 15.9 Å². The van der Waals surface area contributed by atoms with Crippen molar-refractivity contribution in [2.75, 3.05) is 13.2 Å². The Morgan fingerprint density at radius 3 is 2.58 bits per heavy atom. The van der Waals surface area contributed by atoms with E-state index in [1.165, 1.54) is 0 Å². The zero-order valence-corrected chi connectivity index (χ0v) is 14.5. The molecule has 0 saturated carbocycles. The van der Waals surface area contributed by atoms with Crippen LogP contribution in [0.15, 0.2) is 77.5 Å². The number of para-hydroxylation sites is 1. The van der Waals surface area contributed by atoms with Crippen LogP contribution in [0.5, 0.6) is 17.2 Å². The van der Waals surface area contributed by atoms with Gasteiger partial charge in [-0.1, -0.05) is 24.3 Å². The summed E-state index contributed by atoms with van der Waals surface area (Å²) in [6.45, 7) is 0.854. The maximum Gasteiger partial charge on any atom is 0.219 e. The molecule has 2 aromatic carbocycles. The number of benzene rings is 2. The lowest BCUT2D eigenvalue weighted by atomic mass is 10.3. The van der Waals surface area contributed by atoms with Crippen molar-refractivity contribution < 1.29 is 18.9 Å². The lowest BCUT2D eigenvalue weighted by Crippen LogP contribution is -2.17. The van der Waals surface area contributed by atoms with E-state index >= 15 is 0 Å². The molecule has 0 N–H and O–H groups in total. The van der Waals surface area contributed by atoms with Gasteiger partial charge in [-0.2, -0.15) is 0 Å². The van der Waals surface area contributed by atoms with Crippen LogP contribution < -0.4 is 9.47 Å². The molecule has 0 radical (unpaired) electrons. The van der Waals surface area contributed by atoms with Gasteiger partial charge in [-0.25, -0.2) is 0 Å². The Bertz CT molecular complexity index is 713. The molecular formula is C19H17BrO4. The highest BCUT2D eigenvalue weighted by atomic mass is 79.9. The van der Waals surface area contributed by atoms with E-state index < -0.39 is 0 Å². The molecule has 0 spiro atoms. The molecule has 2 aromatic rings. The molecule has 24 heavy (non-hydrogen) atoms. The van der Waals surface area contributed by atoms with Crippen molar-refractivity contribution in [3.05, 3.63) is 77.5 Å². The normalized spacial score (nSPS) is 15.8. The molecule has 1 aliphatic heterocycles. The van der Waals surface area contributed by atoms with Crippen LogP contribution in [0.4, 0.5) is 0 Å². The van der Waals surface area contributed by atoms with E-state index in [9.17, 15) is 0 Å². The average Bonchev–Trinajstić information content (AvgIpc) is 2.62. The summed E-state index contributed by atoms with van der Waals surface area (Å²) in [4.78, 5) is 0. The lowest BCUT2D eigenvalue weighted by Gasteiger charge is -2.16. The fraction of sp³-hybridized carbons (Fsp3) is 0.158. The number of ether oxygens (including phenoxy) is 4. The number of rotatable bonds is 7. The van der Waals surface area contributed by atoms with Crippen molar-refractivity contribution in [1.29, 1.82) is 0 Å². The Morgan fingerprint density at radius 2 is 1.83 bits per heavy atom. The minimum Gasteiger partial charge on any atom is -0.490 e. The first-order chi connectivity index (χ1) is 11.8. The maximum atomic E-state index is 5.78. The molecular weight excluding hydrogens is 372 g/mol. The van der Waals surface area contributed by atoms with E-state index in [0.717, 1.165) is 21.7 Å². The zero-order valence-electron chi connectivity index (χ0n) is 12.9. The van der Waals surface area contributed by atoms with Crippen LogP contribution in [0, 0.1) is 0 Å². The molecule has 0 fully saturated rings. The van der Waals surface area contributed by atoms with Crippen LogP contribution in [-0.4, -0.2) is 19.5 Å². The van der Waals surface area contributed by atoms with E-state index in [-0.39, 0.29) is 6.29 Å². The average molecular weight is 389 g/mol. The first kappa shape index (κ1) is 16.6. The molecule has 124 valence electrons. The van der Waals surface area contributed by atoms with Crippen molar-refractivity contribution in [2.45, 2.75) is 6.29 Å². The van der Waals surface area contributed by atoms with Crippen LogP contribution in [-0.2, 0) is 9.47 Å². The Morgan fingerprint density at radius 1 is 0.958 bits per heavy atom. The van der Waals surface area contributed by atoms with Gasteiger partial charge in [0.25, 0.3) is 0 Å². The van der Waals surface area contributed by atoms with Gasteiger partial charge in [0, 0.05) is 0 Å². The molecule has 0 aromatic heterocycles. The van der Waals surface area contributed by atoms with Crippen LogP contribution in [0.25, 0.3) is 0 Å². The van der Waals surface area contributed by atoms with E-state index in [1.807, 2.05) is 66.8 Å². The summed E-state index contributed by atoms with van der Waals surface area (Å²) in [6.07, 6.45) is 6.80. The molecule has 4 nitrogen and oxygen atoms in total. The van der Waals surface area contributed by atoms with Gasteiger partial charge in [0.15, 0.2) is 0 Å². The highest BCUT2D eigenvalue weighted by Crippen LogP contribution is 2.31. The number of hydrogen-bond donors (Lipinski definition) is 0. The second-order valence-electron chi connectivity index (χ2n) is 4.94. The number of allylic oxidation sites excluding steroid dienone is 2. The molecule has 1 aliphatic rings. The Balaban J connectivity index is 1.48. The summed E-state index contributed by atoms with van der Waals surface area (Å²) < 4.78 is 23.1. The Kier molecular flexibility index (Phi) is 5.93. The third-order valence-corrected chi connectivity index (χ3v) is 3.80. The van der Waals surface area contributed by atoms with Gasteiger partial charge >= 0.3 is 0 Å². The summed E-state index contributed by atoms with van der Waals surface area (Å²) in [5.41, 5.74) is 0. The molecule has 1 heterocycles. The quantitative estimate of drug-likeness (QED) is 0.620. The highest BCUT2D eigenvalue weighted by Gasteiger charge is 2.07. The predicted molar refractivity (Wildman–Crippen MR) is 95.3 cm³/mol. The van der Waals surface area contributed by atoms with Crippen molar-refractivity contribution >= 4 is 15.9 Å². The van der Waals surface area contributed by atoms with Crippen molar-refractivity contribution in [1.82, 2.24) is 0 Å². The number of halogens is 1. The van der Waals surface area contributed by atoms with E-state index in [1.54, 1.807) is 6.26 Å². The van der Waals surface area contributed by atoms with Crippen molar-refractivity contribution in [3.8, 4) is 17.2 Å². The minimum atomic E-state index is -0.344. The Hall–Kier alpha value is -2.24. The van der Waals surface area contributed by atoms with E-state index in [2.05, 4.69) is 15.9 Å². The van der Waals surface area contributed by atoms with Crippen LogP contribution in [0.1, 0.15) is 0 Å². The first-order valence-corrected chi connectivity index (χ1v) is 8.36. The summed E-state index contributed by atoms with van der Waals surface area (Å²) in [5, 5.41) is 0. The molecule has 3 rings (SSSR count). The van der Waals surface area contributed by atoms with Crippen LogP contribution in [0.2, 0.25) is 0 Å². The molecule has 0 saturated heterocycles. The summed E-state index contributed by atoms with van der Waals surface area (Å²) in [5.74, 6) is 2.27. The molecule has 1 atom stereocenters. The lowest BCUT2D eigenvalue weighted by molar-refractivity contribution is -0.0806. The predicted octanol–water partition coefficient (Wildman–Crippen LogP) is 5.06. The van der Waals surface area contributed by atoms with Gasteiger partial charge < -0.3 is 18.9 Å². The second-order valence-corrected chi connectivity index (χ2v) is 5.80. The summed E-state index contributed by atoms with van der Waals surface area (Å²) in [7, 11) is 0. The van der Waals surface area contributed by atoms with Crippen molar-refractivity contribution in [2.24, 2.45) is 0 Å². The monoisotopic (exact) mass is 388 g/mol. The van der Waals surface area contributed by atoms with Gasteiger partial charge in [0.05, 0.1) is 17.3 Å². The number of hydrogen-bond acceptors (Lipinski definition) is 4. The van der Waals surface area contributed by atoms with Gasteiger partial charge in [0.2, 0.25) is 6.29 Å². The topological polar surface area (TPSA) is 36.9 Å². The Labute approximate surface area is 149 Å². The summed E-state index contributed by atoms with van der Waals surface area (Å²) in [6, 6.07) is 15.2.